The number of likely N-dealkylation sites (tertiary alicyclic amines) is 1. The molecule has 1 saturated heterocycles. The normalized spacial score (nSPS) is 19.0. The van der Waals surface area contributed by atoms with Gasteiger partial charge in [-0.1, -0.05) is 18.2 Å². The Bertz CT molecular complexity index is 606. The van der Waals surface area contributed by atoms with Crippen molar-refractivity contribution in [2.75, 3.05) is 25.4 Å². The zero-order valence-electron chi connectivity index (χ0n) is 12.5. The summed E-state index contributed by atoms with van der Waals surface area (Å²) in [5, 5.41) is -2.13. The lowest BCUT2D eigenvalue weighted by molar-refractivity contribution is 0.121. The van der Waals surface area contributed by atoms with Crippen LogP contribution in [0.5, 0.6) is 0 Å². The Labute approximate surface area is 130 Å². The van der Waals surface area contributed by atoms with Crippen LogP contribution >= 0.6 is 0 Å². The topological polar surface area (TPSA) is 37.4 Å². The summed E-state index contributed by atoms with van der Waals surface area (Å²) in [7, 11) is -3.78. The monoisotopic (exact) mass is 329 g/mol. The van der Waals surface area contributed by atoms with Crippen molar-refractivity contribution in [1.82, 2.24) is 4.90 Å². The van der Waals surface area contributed by atoms with Crippen LogP contribution < -0.4 is 0 Å². The fourth-order valence-corrected chi connectivity index (χ4v) is 4.08. The van der Waals surface area contributed by atoms with Gasteiger partial charge < -0.3 is 4.90 Å². The molecule has 0 aliphatic carbocycles. The van der Waals surface area contributed by atoms with Gasteiger partial charge in [0.05, 0.1) is 5.75 Å². The van der Waals surface area contributed by atoms with Gasteiger partial charge in [0.15, 0.2) is 9.84 Å². The van der Waals surface area contributed by atoms with Gasteiger partial charge in [0.25, 0.3) is 0 Å². The first-order chi connectivity index (χ1) is 10.4. The number of rotatable bonds is 6. The largest absolute Gasteiger partial charge is 0.303 e. The quantitative estimate of drug-likeness (QED) is 0.753. The fraction of sp³-hybridized carbons (Fsp3) is 0.500. The van der Waals surface area contributed by atoms with Crippen molar-refractivity contribution >= 4 is 9.84 Å². The maximum Gasteiger partial charge on any atom is 0.213 e. The van der Waals surface area contributed by atoms with Crippen LogP contribution in [0.2, 0.25) is 0 Å². The van der Waals surface area contributed by atoms with Crippen LogP contribution in [0.1, 0.15) is 18.4 Å². The summed E-state index contributed by atoms with van der Waals surface area (Å²) in [6, 6.07) is 6.29. The number of nitrogens with zero attached hydrogens (tertiary/aromatic N) is 1. The minimum absolute atomic E-state index is 0.00735. The lowest BCUT2D eigenvalue weighted by Crippen LogP contribution is -2.47. The Hall–Kier alpha value is -1.27. The second-order valence-corrected chi connectivity index (χ2v) is 7.97. The molecule has 1 aromatic carbocycles. The minimum Gasteiger partial charge on any atom is -0.303 e. The van der Waals surface area contributed by atoms with Crippen molar-refractivity contribution in [1.29, 1.82) is 0 Å². The first-order valence-corrected chi connectivity index (χ1v) is 9.00. The third-order valence-electron chi connectivity index (χ3n) is 4.13. The number of sulfone groups is 1. The average Bonchev–Trinajstić information content (AvgIpc) is 2.48. The molecule has 0 bridgehead atoms. The van der Waals surface area contributed by atoms with Gasteiger partial charge in [-0.05, 0) is 24.1 Å². The summed E-state index contributed by atoms with van der Waals surface area (Å²) in [5.41, 5.74) is 1.01. The summed E-state index contributed by atoms with van der Waals surface area (Å²) in [6.45, 7) is 4.91. The van der Waals surface area contributed by atoms with Crippen LogP contribution in [0, 0.1) is 5.82 Å². The molecule has 2 rings (SSSR count). The van der Waals surface area contributed by atoms with E-state index in [0.717, 1.165) is 12.0 Å². The van der Waals surface area contributed by atoms with Gasteiger partial charge >= 0.3 is 0 Å². The van der Waals surface area contributed by atoms with E-state index >= 15 is 0 Å². The molecule has 1 heterocycles. The van der Waals surface area contributed by atoms with Gasteiger partial charge in [0.1, 0.15) is 5.82 Å². The molecule has 0 radical (unpaired) electrons. The number of hydrogen-bond acceptors (Lipinski definition) is 3. The Morgan fingerprint density at radius 1 is 1.23 bits per heavy atom. The van der Waals surface area contributed by atoms with Gasteiger partial charge in [0, 0.05) is 32.5 Å². The second-order valence-electron chi connectivity index (χ2n) is 5.67. The standard InChI is InChI=1S/C16H21F2NO2S/c1-2-13-22(20,21)16(18)8-11-19(12-9-16)10-7-14-3-5-15(17)6-4-14/h2-6H,1,7-13H2. The molecule has 22 heavy (non-hydrogen) atoms. The van der Waals surface area contributed by atoms with E-state index in [1.807, 2.05) is 4.90 Å². The van der Waals surface area contributed by atoms with Crippen LogP contribution in [0.25, 0.3) is 0 Å². The molecule has 3 nitrogen and oxygen atoms in total. The number of benzene rings is 1. The first kappa shape index (κ1) is 17.1. The van der Waals surface area contributed by atoms with Crippen molar-refractivity contribution in [3.8, 4) is 0 Å². The maximum absolute atomic E-state index is 14.6. The van der Waals surface area contributed by atoms with E-state index in [9.17, 15) is 17.2 Å². The highest BCUT2D eigenvalue weighted by molar-refractivity contribution is 7.92. The Morgan fingerprint density at radius 2 is 1.82 bits per heavy atom. The molecule has 1 aliphatic heterocycles. The van der Waals surface area contributed by atoms with Crippen molar-refractivity contribution in [2.24, 2.45) is 0 Å². The molecule has 0 aromatic heterocycles. The predicted molar refractivity (Wildman–Crippen MR) is 83.6 cm³/mol. The molecular weight excluding hydrogens is 308 g/mol. The van der Waals surface area contributed by atoms with Crippen LogP contribution in [0.4, 0.5) is 8.78 Å². The number of hydrogen-bond donors (Lipinski definition) is 0. The Kier molecular flexibility index (Phi) is 5.34. The van der Waals surface area contributed by atoms with Crippen molar-refractivity contribution in [3.63, 3.8) is 0 Å². The Morgan fingerprint density at radius 3 is 2.36 bits per heavy atom. The zero-order valence-corrected chi connectivity index (χ0v) is 13.3. The van der Waals surface area contributed by atoms with Gasteiger partial charge in [-0.25, -0.2) is 17.2 Å². The van der Waals surface area contributed by atoms with E-state index in [2.05, 4.69) is 6.58 Å². The van der Waals surface area contributed by atoms with Crippen LogP contribution in [-0.4, -0.2) is 43.7 Å². The highest BCUT2D eigenvalue weighted by Crippen LogP contribution is 2.33. The summed E-state index contributed by atoms with van der Waals surface area (Å²) in [5.74, 6) is -0.588. The smallest absolute Gasteiger partial charge is 0.213 e. The van der Waals surface area contributed by atoms with Crippen LogP contribution in [-0.2, 0) is 16.3 Å². The molecule has 0 spiro atoms. The third-order valence-corrected chi connectivity index (χ3v) is 6.32. The number of piperidine rings is 1. The van der Waals surface area contributed by atoms with Crippen molar-refractivity contribution in [2.45, 2.75) is 24.3 Å². The molecule has 0 saturated carbocycles. The van der Waals surface area contributed by atoms with Crippen molar-refractivity contribution in [3.05, 3.63) is 48.3 Å². The lowest BCUT2D eigenvalue weighted by atomic mass is 10.1. The fourth-order valence-electron chi connectivity index (χ4n) is 2.66. The highest BCUT2D eigenvalue weighted by atomic mass is 32.2. The molecule has 1 aliphatic rings. The minimum atomic E-state index is -3.78. The van der Waals surface area contributed by atoms with Gasteiger partial charge in [-0.2, -0.15) is 0 Å². The van der Waals surface area contributed by atoms with E-state index in [-0.39, 0.29) is 24.4 Å². The van der Waals surface area contributed by atoms with Gasteiger partial charge in [0.2, 0.25) is 5.00 Å². The first-order valence-electron chi connectivity index (χ1n) is 7.35. The van der Waals surface area contributed by atoms with E-state index < -0.39 is 14.8 Å². The molecule has 122 valence electrons. The Balaban J connectivity index is 1.87. The van der Waals surface area contributed by atoms with E-state index in [0.29, 0.717) is 19.6 Å². The van der Waals surface area contributed by atoms with E-state index in [4.69, 9.17) is 0 Å². The summed E-state index contributed by atoms with van der Waals surface area (Å²) in [6.07, 6.45) is 1.95. The van der Waals surface area contributed by atoms with E-state index in [1.54, 1.807) is 12.1 Å². The summed E-state index contributed by atoms with van der Waals surface area (Å²) in [4.78, 5) is 2.05. The number of alkyl halides is 1. The molecule has 1 fully saturated rings. The van der Waals surface area contributed by atoms with Gasteiger partial charge in [-0.15, -0.1) is 6.58 Å². The van der Waals surface area contributed by atoms with E-state index in [1.165, 1.54) is 18.2 Å². The lowest BCUT2D eigenvalue weighted by Gasteiger charge is -2.35. The van der Waals surface area contributed by atoms with Crippen LogP contribution in [0.15, 0.2) is 36.9 Å². The molecule has 6 heteroatoms. The molecule has 1 aromatic rings. The third kappa shape index (κ3) is 3.93. The molecular formula is C16H21F2NO2S. The summed E-state index contributed by atoms with van der Waals surface area (Å²) >= 11 is 0. The van der Waals surface area contributed by atoms with Crippen molar-refractivity contribution < 1.29 is 17.2 Å². The SMILES string of the molecule is C=CCS(=O)(=O)C1(F)CCN(CCc2ccc(F)cc2)CC1. The number of halogens is 2. The zero-order chi connectivity index (χ0) is 16.2. The molecule has 0 unspecified atom stereocenters. The molecule has 0 atom stereocenters. The average molecular weight is 329 g/mol. The summed E-state index contributed by atoms with van der Waals surface area (Å²) < 4.78 is 51.3. The maximum atomic E-state index is 14.6. The van der Waals surface area contributed by atoms with Gasteiger partial charge in [-0.3, -0.25) is 0 Å². The molecule has 0 amide bonds. The highest BCUT2D eigenvalue weighted by Gasteiger charge is 2.45. The second kappa shape index (κ2) is 6.87. The van der Waals surface area contributed by atoms with Crippen LogP contribution in [0.3, 0.4) is 0 Å². The predicted octanol–water partition coefficient (Wildman–Crippen LogP) is 2.73. The molecule has 0 N–H and O–H groups in total.